The van der Waals surface area contributed by atoms with Gasteiger partial charge in [-0.3, -0.25) is 24.0 Å². The number of hydrogen-bond acceptors (Lipinski definition) is 10. The Bertz CT molecular complexity index is 1310. The Balaban J connectivity index is -0.000000970. The summed E-state index contributed by atoms with van der Waals surface area (Å²) in [5.41, 5.74) is 5.51. The number of unbranched alkanes of at least 4 members (excludes halogenated alkanes) is 4. The number of aldehydes is 1. The number of amides is 4. The SMILES string of the molecule is CCC(=O)O.CCC=O.CCC[CH2][Sn]([CH2]CCC)([CH2]CCC)[c]1cccc(C(=O)NCCCCC(NC(=O)CNC(=O)C(CCC(=O)O)NC=O)C(=O)O)c1.CCN.CO. The van der Waals surface area contributed by atoms with Crippen molar-refractivity contribution in [3.05, 3.63) is 29.8 Å². The van der Waals surface area contributed by atoms with E-state index in [2.05, 4.69) is 54.2 Å². The average Bonchev–Trinajstić information content (AvgIpc) is 3.24. The van der Waals surface area contributed by atoms with Gasteiger partial charge >= 0.3 is 211 Å². The molecule has 0 aliphatic heterocycles. The van der Waals surface area contributed by atoms with E-state index in [-0.39, 0.29) is 38.0 Å². The summed E-state index contributed by atoms with van der Waals surface area (Å²) < 4.78 is 5.38. The van der Waals surface area contributed by atoms with Crippen molar-refractivity contribution >= 4 is 70.3 Å². The maximum absolute atomic E-state index is 13.1. The van der Waals surface area contributed by atoms with Gasteiger partial charge in [0.15, 0.2) is 0 Å². The number of carboxylic acids is 3. The van der Waals surface area contributed by atoms with E-state index in [0.717, 1.165) is 19.9 Å². The zero-order valence-corrected chi connectivity index (χ0v) is 40.0. The molecule has 60 heavy (non-hydrogen) atoms. The summed E-state index contributed by atoms with van der Waals surface area (Å²) in [5, 5.41) is 42.9. The molecule has 346 valence electrons. The van der Waals surface area contributed by atoms with Crippen LogP contribution in [0.3, 0.4) is 0 Å². The molecule has 4 amide bonds. The Kier molecular flexibility index (Phi) is 44.8. The number of hydrogen-bond donors (Lipinski definition) is 9. The first kappa shape index (κ1) is 62.5. The van der Waals surface area contributed by atoms with Crippen LogP contribution in [0.5, 0.6) is 0 Å². The molecule has 0 aliphatic carbocycles. The van der Waals surface area contributed by atoms with E-state index >= 15 is 0 Å². The number of aliphatic carboxylic acids is 3. The summed E-state index contributed by atoms with van der Waals surface area (Å²) >= 11 is -2.68. The van der Waals surface area contributed by atoms with Crippen molar-refractivity contribution in [2.24, 2.45) is 5.73 Å². The van der Waals surface area contributed by atoms with Gasteiger partial charge in [0.25, 0.3) is 0 Å². The second-order valence-electron chi connectivity index (χ2n) is 13.6. The van der Waals surface area contributed by atoms with Crippen molar-refractivity contribution in [2.45, 2.75) is 150 Å². The third kappa shape index (κ3) is 33.7. The molecule has 17 nitrogen and oxygen atoms in total. The molecule has 0 saturated heterocycles. The van der Waals surface area contributed by atoms with Crippen LogP contribution in [0.2, 0.25) is 13.3 Å². The van der Waals surface area contributed by atoms with E-state index in [1.807, 2.05) is 26.0 Å². The summed E-state index contributed by atoms with van der Waals surface area (Å²) in [6.07, 6.45) is 9.77. The van der Waals surface area contributed by atoms with Gasteiger partial charge in [-0.2, -0.15) is 0 Å². The molecular formula is C42H77N5O12Sn. The number of carbonyl (C=O) groups excluding carboxylic acids is 5. The van der Waals surface area contributed by atoms with E-state index in [9.17, 15) is 43.5 Å². The Morgan fingerprint density at radius 3 is 1.68 bits per heavy atom. The number of carbonyl (C=O) groups is 8. The Hall–Kier alpha value is -4.10. The number of aliphatic hydroxyl groups excluding tert-OH is 1. The maximum Gasteiger partial charge on any atom is 0.0319 e. The van der Waals surface area contributed by atoms with E-state index in [4.69, 9.17) is 21.1 Å². The van der Waals surface area contributed by atoms with Crippen molar-refractivity contribution in [2.75, 3.05) is 26.7 Å². The van der Waals surface area contributed by atoms with Crippen molar-refractivity contribution in [3.63, 3.8) is 0 Å². The second-order valence-corrected chi connectivity index (χ2v) is 26.8. The number of rotatable bonds is 28. The van der Waals surface area contributed by atoms with Gasteiger partial charge in [0.05, 0.1) is 6.54 Å². The molecule has 1 rings (SSSR count). The van der Waals surface area contributed by atoms with Crippen LogP contribution in [0.4, 0.5) is 0 Å². The fraction of sp³-hybridized carbons (Fsp3) is 0.667. The van der Waals surface area contributed by atoms with Crippen LogP contribution >= 0.6 is 0 Å². The summed E-state index contributed by atoms with van der Waals surface area (Å²) in [6, 6.07) is 5.92. The van der Waals surface area contributed by atoms with E-state index in [1.54, 1.807) is 6.92 Å². The van der Waals surface area contributed by atoms with Gasteiger partial charge in [-0.25, -0.2) is 0 Å². The summed E-state index contributed by atoms with van der Waals surface area (Å²) in [4.78, 5) is 89.3. The van der Waals surface area contributed by atoms with Crippen molar-refractivity contribution in [3.8, 4) is 0 Å². The average molecular weight is 963 g/mol. The van der Waals surface area contributed by atoms with Crippen LogP contribution in [0.25, 0.3) is 0 Å². The molecule has 0 spiro atoms. The van der Waals surface area contributed by atoms with E-state index in [1.165, 1.54) is 55.4 Å². The van der Waals surface area contributed by atoms with Crippen LogP contribution < -0.4 is 30.6 Å². The minimum atomic E-state index is -2.68. The predicted molar refractivity (Wildman–Crippen MR) is 237 cm³/mol. The Morgan fingerprint density at radius 2 is 1.27 bits per heavy atom. The largest absolute Gasteiger partial charge is 0.400 e. The first-order valence-corrected chi connectivity index (χ1v) is 28.5. The zero-order valence-electron chi connectivity index (χ0n) is 37.2. The minimum absolute atomic E-state index is 0.123. The van der Waals surface area contributed by atoms with Gasteiger partial charge in [-0.15, -0.1) is 0 Å². The molecule has 0 aliphatic rings. The van der Waals surface area contributed by atoms with Crippen LogP contribution in [-0.2, 0) is 33.6 Å². The van der Waals surface area contributed by atoms with Crippen LogP contribution in [0.15, 0.2) is 24.3 Å². The molecule has 10 N–H and O–H groups in total. The minimum Gasteiger partial charge on any atom is -0.400 e. The smallest absolute Gasteiger partial charge is 0.0319 e. The number of nitrogens with one attached hydrogen (secondary N) is 4. The standard InChI is InChI=1S/C21H27N4O8.3C4H9.C3H6O2.C3H6O.C2H7N.CH4O.Sn/c26-13-24-15(9-10-18(28)29)20(31)23-12-17(27)25-16(21(32)33)8-4-5-11-22-19(30)14-6-2-1-3-7-14;3*1-3-4-2;1-2-3(4)5;1-2-3-4;1-2-3;1-2;/h1-2,6-7,13,15-16H,4-5,8-12H2,(H,22,30)(H,23,31)(H,24,26)(H,25,27)(H,28,29)(H,32,33);3*1,3-4H2,2H3;2H2,1H3,(H,4,5);3H,2H2,1H3;2-3H2,1H3;2H,1H3;. The third-order valence-electron chi connectivity index (χ3n) is 8.73. The van der Waals surface area contributed by atoms with Gasteiger partial charge in [-0.05, 0) is 13.0 Å². The zero-order chi connectivity index (χ0) is 46.8. The molecule has 1 aromatic rings. The van der Waals surface area contributed by atoms with Gasteiger partial charge in [0, 0.05) is 26.4 Å². The van der Waals surface area contributed by atoms with Gasteiger partial charge < -0.3 is 36.5 Å². The molecule has 18 heteroatoms. The molecule has 2 atom stereocenters. The van der Waals surface area contributed by atoms with Gasteiger partial charge in [0.1, 0.15) is 12.3 Å². The molecule has 0 aromatic heterocycles. The molecular weight excluding hydrogens is 885 g/mol. The van der Waals surface area contributed by atoms with E-state index in [0.29, 0.717) is 31.4 Å². The van der Waals surface area contributed by atoms with Crippen molar-refractivity contribution in [1.29, 1.82) is 0 Å². The molecule has 0 heterocycles. The van der Waals surface area contributed by atoms with Gasteiger partial charge in [0.2, 0.25) is 12.3 Å². The fourth-order valence-corrected chi connectivity index (χ4v) is 21.6. The first-order chi connectivity index (χ1) is 28.6. The fourth-order valence-electron chi connectivity index (χ4n) is 5.55. The quantitative estimate of drug-likeness (QED) is 0.0327. The first-order valence-electron chi connectivity index (χ1n) is 21.0. The summed E-state index contributed by atoms with van der Waals surface area (Å²) in [5.74, 6) is -4.76. The molecule has 1 aromatic carbocycles. The van der Waals surface area contributed by atoms with Crippen LogP contribution in [-0.4, -0.2) is 126 Å². The molecule has 2 unspecified atom stereocenters. The van der Waals surface area contributed by atoms with Crippen LogP contribution in [0, 0.1) is 0 Å². The van der Waals surface area contributed by atoms with Crippen LogP contribution in [0.1, 0.15) is 135 Å². The van der Waals surface area contributed by atoms with Crippen molar-refractivity contribution in [1.82, 2.24) is 21.3 Å². The Morgan fingerprint density at radius 1 is 0.750 bits per heavy atom. The molecule has 0 fully saturated rings. The molecule has 0 saturated carbocycles. The summed E-state index contributed by atoms with van der Waals surface area (Å²) in [6.45, 7) is 12.6. The molecule has 0 bridgehead atoms. The van der Waals surface area contributed by atoms with Crippen molar-refractivity contribution < 1.29 is 58.8 Å². The second kappa shape index (κ2) is 43.0. The van der Waals surface area contributed by atoms with Gasteiger partial charge in [-0.1, -0.05) is 20.8 Å². The topological polar surface area (TPSA) is 292 Å². The summed E-state index contributed by atoms with van der Waals surface area (Å²) in [7, 11) is 1.00. The number of benzene rings is 1. The maximum atomic E-state index is 13.1. The Labute approximate surface area is 361 Å². The number of nitrogens with two attached hydrogens (primary N) is 1. The number of aliphatic hydroxyl groups is 1. The molecule has 0 radical (unpaired) electrons. The van der Waals surface area contributed by atoms with E-state index < -0.39 is 66.7 Å². The number of carboxylic acid groups (broad SMARTS) is 3. The normalized spacial score (nSPS) is 10.9. The monoisotopic (exact) mass is 963 g/mol. The third-order valence-corrected chi connectivity index (χ3v) is 24.3. The predicted octanol–water partition coefficient (Wildman–Crippen LogP) is 3.96.